The molecule has 9 nitrogen and oxygen atoms in total. The molecule has 4 rings (SSSR count). The molecule has 3 aromatic rings. The van der Waals surface area contributed by atoms with E-state index in [-0.39, 0.29) is 29.7 Å². The van der Waals surface area contributed by atoms with Gasteiger partial charge in [0, 0.05) is 52.0 Å². The third-order valence-corrected chi connectivity index (χ3v) is 5.55. The van der Waals surface area contributed by atoms with Crippen LogP contribution >= 0.6 is 24.0 Å². The summed E-state index contributed by atoms with van der Waals surface area (Å²) < 4.78 is 5.34. The summed E-state index contributed by atoms with van der Waals surface area (Å²) in [5, 5.41) is 15.5. The predicted molar refractivity (Wildman–Crippen MR) is 135 cm³/mol. The zero-order valence-electron chi connectivity index (χ0n) is 18.4. The van der Waals surface area contributed by atoms with E-state index in [1.54, 1.807) is 17.9 Å². The summed E-state index contributed by atoms with van der Waals surface area (Å²) in [6.45, 7) is 3.52. The predicted octanol–water partition coefficient (Wildman–Crippen LogP) is 2.00. The van der Waals surface area contributed by atoms with Crippen LogP contribution in [-0.2, 0) is 32.6 Å². The molecule has 1 aliphatic rings. The first-order valence-electron chi connectivity index (χ1n) is 10.9. The van der Waals surface area contributed by atoms with Gasteiger partial charge in [-0.15, -0.1) is 24.0 Å². The van der Waals surface area contributed by atoms with Gasteiger partial charge in [-0.3, -0.25) is 14.2 Å². The summed E-state index contributed by atoms with van der Waals surface area (Å²) >= 11 is 0. The van der Waals surface area contributed by atoms with Crippen LogP contribution in [0.4, 0.5) is 0 Å². The lowest BCUT2D eigenvalue weighted by molar-refractivity contribution is 0.509. The van der Waals surface area contributed by atoms with Crippen molar-refractivity contribution in [2.24, 2.45) is 4.99 Å². The van der Waals surface area contributed by atoms with Crippen LogP contribution in [0.15, 0.2) is 52.5 Å². The summed E-state index contributed by atoms with van der Waals surface area (Å²) in [7, 11) is 1.76. The first-order chi connectivity index (χ1) is 15.2. The standard InChI is InChI=1S/C22H30N8O.HI/c1-23-21(24-11-6-15-30-22(31)29-14-5-4-10-20(29)27-30)25-16-18-8-2-3-9-19(18)17-28-13-7-12-26-28;/h2-3,7-9,12-13H,4-6,10-11,14-17H2,1H3,(H2,23,24,25);1H. The molecule has 0 aliphatic carbocycles. The Morgan fingerprint density at radius 1 is 1.16 bits per heavy atom. The van der Waals surface area contributed by atoms with Crippen molar-refractivity contribution in [3.05, 3.63) is 70.2 Å². The highest BCUT2D eigenvalue weighted by Crippen LogP contribution is 2.11. The second kappa shape index (κ2) is 11.8. The number of benzene rings is 1. The van der Waals surface area contributed by atoms with E-state index >= 15 is 0 Å². The fraction of sp³-hybridized carbons (Fsp3) is 0.455. The van der Waals surface area contributed by atoms with Gasteiger partial charge in [-0.2, -0.15) is 10.2 Å². The van der Waals surface area contributed by atoms with Crippen LogP contribution in [0.5, 0.6) is 0 Å². The first kappa shape index (κ1) is 24.0. The highest BCUT2D eigenvalue weighted by Gasteiger charge is 2.16. The molecular weight excluding hydrogens is 519 g/mol. The lowest BCUT2D eigenvalue weighted by atomic mass is 10.1. The molecule has 2 aromatic heterocycles. The van der Waals surface area contributed by atoms with Gasteiger partial charge in [-0.25, -0.2) is 9.48 Å². The zero-order chi connectivity index (χ0) is 21.5. The number of fused-ring (bicyclic) bond motifs is 1. The van der Waals surface area contributed by atoms with Crippen molar-refractivity contribution in [3.8, 4) is 0 Å². The molecule has 1 aliphatic heterocycles. The third-order valence-electron chi connectivity index (χ3n) is 5.55. The summed E-state index contributed by atoms with van der Waals surface area (Å²) in [4.78, 5) is 16.7. The van der Waals surface area contributed by atoms with Gasteiger partial charge >= 0.3 is 5.69 Å². The van der Waals surface area contributed by atoms with Crippen molar-refractivity contribution in [2.75, 3.05) is 13.6 Å². The molecule has 0 atom stereocenters. The van der Waals surface area contributed by atoms with Crippen LogP contribution in [0.25, 0.3) is 0 Å². The van der Waals surface area contributed by atoms with Crippen molar-refractivity contribution in [1.82, 2.24) is 34.8 Å². The lowest BCUT2D eigenvalue weighted by Gasteiger charge is -2.14. The largest absolute Gasteiger partial charge is 0.356 e. The molecule has 0 unspecified atom stereocenters. The number of nitrogens with one attached hydrogen (secondary N) is 2. The van der Waals surface area contributed by atoms with Crippen molar-refractivity contribution in [1.29, 1.82) is 0 Å². The topological polar surface area (TPSA) is 94.1 Å². The molecular formula is C22H31IN8O. The Kier molecular flexibility index (Phi) is 8.89. The van der Waals surface area contributed by atoms with E-state index in [0.717, 1.165) is 50.6 Å². The minimum Gasteiger partial charge on any atom is -0.356 e. The Morgan fingerprint density at radius 2 is 2.00 bits per heavy atom. The molecule has 0 fully saturated rings. The quantitative estimate of drug-likeness (QED) is 0.194. The summed E-state index contributed by atoms with van der Waals surface area (Å²) in [5.41, 5.74) is 2.44. The van der Waals surface area contributed by atoms with E-state index in [4.69, 9.17) is 0 Å². The lowest BCUT2D eigenvalue weighted by Crippen LogP contribution is -2.38. The van der Waals surface area contributed by atoms with Gasteiger partial charge in [-0.05, 0) is 36.5 Å². The molecule has 1 aromatic carbocycles. The van der Waals surface area contributed by atoms with Crippen LogP contribution in [-0.4, -0.2) is 43.7 Å². The Labute approximate surface area is 204 Å². The molecule has 0 saturated heterocycles. The molecule has 10 heteroatoms. The van der Waals surface area contributed by atoms with Crippen molar-refractivity contribution in [3.63, 3.8) is 0 Å². The normalized spacial score (nSPS) is 13.3. The van der Waals surface area contributed by atoms with Gasteiger partial charge in [0.05, 0.1) is 6.54 Å². The Morgan fingerprint density at radius 3 is 2.75 bits per heavy atom. The minimum absolute atomic E-state index is 0. The number of nitrogens with zero attached hydrogens (tertiary/aromatic N) is 6. The number of aryl methyl sites for hydroxylation is 2. The summed E-state index contributed by atoms with van der Waals surface area (Å²) in [5.74, 6) is 1.67. The van der Waals surface area contributed by atoms with Crippen LogP contribution in [0.2, 0.25) is 0 Å². The number of guanidine groups is 1. The summed E-state index contributed by atoms with van der Waals surface area (Å²) in [6, 6.07) is 10.3. The minimum atomic E-state index is 0. The monoisotopic (exact) mass is 550 g/mol. The Balaban J connectivity index is 0.00000289. The first-order valence-corrected chi connectivity index (χ1v) is 10.9. The van der Waals surface area contributed by atoms with Gasteiger partial charge < -0.3 is 10.6 Å². The maximum absolute atomic E-state index is 12.4. The molecule has 32 heavy (non-hydrogen) atoms. The molecule has 0 radical (unpaired) electrons. The van der Waals surface area contributed by atoms with Gasteiger partial charge in [-0.1, -0.05) is 24.3 Å². The Bertz CT molecular complexity index is 1070. The maximum Gasteiger partial charge on any atom is 0.345 e. The smallest absolute Gasteiger partial charge is 0.345 e. The average Bonchev–Trinajstić information content (AvgIpc) is 3.42. The van der Waals surface area contributed by atoms with Crippen LogP contribution in [0, 0.1) is 0 Å². The van der Waals surface area contributed by atoms with E-state index in [1.807, 2.05) is 33.6 Å². The highest BCUT2D eigenvalue weighted by atomic mass is 127. The number of aliphatic imine (C=N–C) groups is 1. The number of hydrogen-bond acceptors (Lipinski definition) is 4. The number of aromatic nitrogens is 5. The second-order valence-corrected chi connectivity index (χ2v) is 7.71. The molecule has 172 valence electrons. The van der Waals surface area contributed by atoms with E-state index in [2.05, 4.69) is 38.0 Å². The third kappa shape index (κ3) is 5.99. The molecule has 0 saturated carbocycles. The van der Waals surface area contributed by atoms with Gasteiger partial charge in [0.25, 0.3) is 0 Å². The van der Waals surface area contributed by atoms with E-state index in [0.29, 0.717) is 19.6 Å². The Hall–Kier alpha value is -2.63. The zero-order valence-corrected chi connectivity index (χ0v) is 20.7. The SMILES string of the molecule is CN=C(NCCCn1nc2n(c1=O)CCCC2)NCc1ccccc1Cn1cccn1.I. The van der Waals surface area contributed by atoms with Crippen molar-refractivity contribution in [2.45, 2.75) is 51.9 Å². The molecule has 3 heterocycles. The fourth-order valence-electron chi connectivity index (χ4n) is 3.88. The average molecular weight is 550 g/mol. The molecule has 2 N–H and O–H groups in total. The maximum atomic E-state index is 12.4. The molecule has 0 bridgehead atoms. The van der Waals surface area contributed by atoms with Gasteiger partial charge in [0.1, 0.15) is 5.82 Å². The van der Waals surface area contributed by atoms with E-state index < -0.39 is 0 Å². The second-order valence-electron chi connectivity index (χ2n) is 7.71. The van der Waals surface area contributed by atoms with Gasteiger partial charge in [0.15, 0.2) is 5.96 Å². The van der Waals surface area contributed by atoms with E-state index in [9.17, 15) is 4.79 Å². The number of rotatable bonds is 8. The van der Waals surface area contributed by atoms with Crippen molar-refractivity contribution >= 4 is 29.9 Å². The van der Waals surface area contributed by atoms with Crippen LogP contribution in [0.3, 0.4) is 0 Å². The molecule has 0 spiro atoms. The van der Waals surface area contributed by atoms with Crippen LogP contribution in [0.1, 0.15) is 36.2 Å². The molecule has 0 amide bonds. The summed E-state index contributed by atoms with van der Waals surface area (Å²) in [6.07, 6.45) is 7.64. The van der Waals surface area contributed by atoms with E-state index in [1.165, 1.54) is 11.1 Å². The highest BCUT2D eigenvalue weighted by molar-refractivity contribution is 14.0. The number of hydrogen-bond donors (Lipinski definition) is 2. The van der Waals surface area contributed by atoms with Crippen LogP contribution < -0.4 is 16.3 Å². The van der Waals surface area contributed by atoms with Crippen molar-refractivity contribution < 1.29 is 0 Å². The van der Waals surface area contributed by atoms with Gasteiger partial charge in [0.2, 0.25) is 0 Å². The fourth-order valence-corrected chi connectivity index (χ4v) is 3.88. The number of halogens is 1.